The molecule has 0 aromatic heterocycles. The number of allylic oxidation sites excluding steroid dienone is 1. The summed E-state index contributed by atoms with van der Waals surface area (Å²) in [6.45, 7) is 3.69. The van der Waals surface area contributed by atoms with Gasteiger partial charge in [0.05, 0.1) is 0 Å². The van der Waals surface area contributed by atoms with Crippen molar-refractivity contribution in [3.05, 3.63) is 12.7 Å². The Morgan fingerprint density at radius 3 is 2.73 bits per heavy atom. The highest BCUT2D eigenvalue weighted by molar-refractivity contribution is 5.82. The molecule has 0 bridgehead atoms. The molecule has 62 valence electrons. The topological polar surface area (TPSA) is 17.1 Å². The van der Waals surface area contributed by atoms with Crippen LogP contribution in [0.1, 0.15) is 38.5 Å². The van der Waals surface area contributed by atoms with Gasteiger partial charge in [-0.15, -0.1) is 6.58 Å². The van der Waals surface area contributed by atoms with Crippen molar-refractivity contribution < 1.29 is 4.79 Å². The molecule has 11 heavy (non-hydrogen) atoms. The van der Waals surface area contributed by atoms with Crippen LogP contribution in [0.4, 0.5) is 0 Å². The zero-order chi connectivity index (χ0) is 8.10. The van der Waals surface area contributed by atoms with Gasteiger partial charge in [-0.1, -0.05) is 25.3 Å². The maximum atomic E-state index is 11.3. The van der Waals surface area contributed by atoms with Crippen molar-refractivity contribution in [3.8, 4) is 0 Å². The Kier molecular flexibility index (Phi) is 3.34. The first-order valence-corrected chi connectivity index (χ1v) is 4.50. The Morgan fingerprint density at radius 1 is 1.27 bits per heavy atom. The average molecular weight is 152 g/mol. The highest BCUT2D eigenvalue weighted by atomic mass is 16.1. The van der Waals surface area contributed by atoms with E-state index in [1.54, 1.807) is 0 Å². The first kappa shape index (κ1) is 8.51. The molecule has 1 atom stereocenters. The van der Waals surface area contributed by atoms with E-state index in [4.69, 9.17) is 0 Å². The quantitative estimate of drug-likeness (QED) is 0.528. The standard InChI is InChI=1S/C10H16O/c1-2-9-7-5-3-4-6-8-10(9)11/h2,9H,1,3-8H2. The second kappa shape index (κ2) is 4.32. The zero-order valence-corrected chi connectivity index (χ0v) is 7.01. The fourth-order valence-corrected chi connectivity index (χ4v) is 1.61. The molecule has 0 amide bonds. The Morgan fingerprint density at radius 2 is 2.00 bits per heavy atom. The van der Waals surface area contributed by atoms with Gasteiger partial charge in [0.15, 0.2) is 0 Å². The number of hydrogen-bond donors (Lipinski definition) is 0. The largest absolute Gasteiger partial charge is 0.299 e. The Balaban J connectivity index is 2.45. The molecular weight excluding hydrogens is 136 g/mol. The van der Waals surface area contributed by atoms with Gasteiger partial charge in [0.1, 0.15) is 5.78 Å². The van der Waals surface area contributed by atoms with Crippen LogP contribution >= 0.6 is 0 Å². The van der Waals surface area contributed by atoms with E-state index in [9.17, 15) is 4.79 Å². The van der Waals surface area contributed by atoms with E-state index in [2.05, 4.69) is 6.58 Å². The number of ketones is 1. The Labute approximate surface area is 68.5 Å². The fourth-order valence-electron chi connectivity index (χ4n) is 1.61. The van der Waals surface area contributed by atoms with Crippen LogP contribution in [0.15, 0.2) is 12.7 Å². The highest BCUT2D eigenvalue weighted by Crippen LogP contribution is 2.19. The van der Waals surface area contributed by atoms with Crippen molar-refractivity contribution in [2.24, 2.45) is 5.92 Å². The summed E-state index contributed by atoms with van der Waals surface area (Å²) < 4.78 is 0. The second-order valence-corrected chi connectivity index (χ2v) is 3.26. The predicted octanol–water partition coefficient (Wildman–Crippen LogP) is 2.71. The van der Waals surface area contributed by atoms with E-state index in [1.165, 1.54) is 19.3 Å². The molecule has 1 unspecified atom stereocenters. The van der Waals surface area contributed by atoms with Crippen molar-refractivity contribution in [2.75, 3.05) is 0 Å². The molecule has 1 saturated carbocycles. The number of hydrogen-bond acceptors (Lipinski definition) is 1. The van der Waals surface area contributed by atoms with E-state index < -0.39 is 0 Å². The van der Waals surface area contributed by atoms with E-state index in [1.807, 2.05) is 6.08 Å². The summed E-state index contributed by atoms with van der Waals surface area (Å²) >= 11 is 0. The van der Waals surface area contributed by atoms with Crippen LogP contribution < -0.4 is 0 Å². The van der Waals surface area contributed by atoms with E-state index in [-0.39, 0.29) is 5.92 Å². The number of rotatable bonds is 1. The lowest BCUT2D eigenvalue weighted by Crippen LogP contribution is -2.13. The summed E-state index contributed by atoms with van der Waals surface area (Å²) in [4.78, 5) is 11.3. The molecule has 1 aliphatic rings. The third-order valence-corrected chi connectivity index (χ3v) is 2.39. The van der Waals surface area contributed by atoms with Gasteiger partial charge >= 0.3 is 0 Å². The van der Waals surface area contributed by atoms with E-state index in [0.717, 1.165) is 19.3 Å². The van der Waals surface area contributed by atoms with Gasteiger partial charge in [-0.25, -0.2) is 0 Å². The van der Waals surface area contributed by atoms with Crippen molar-refractivity contribution in [2.45, 2.75) is 38.5 Å². The highest BCUT2D eigenvalue weighted by Gasteiger charge is 2.15. The SMILES string of the molecule is C=CC1CCCCCCC1=O. The van der Waals surface area contributed by atoms with Crippen LogP contribution in [0, 0.1) is 5.92 Å². The lowest BCUT2D eigenvalue weighted by molar-refractivity contribution is -0.122. The monoisotopic (exact) mass is 152 g/mol. The summed E-state index contributed by atoms with van der Waals surface area (Å²) in [7, 11) is 0. The molecule has 1 heteroatoms. The average Bonchev–Trinajstić information content (AvgIpc) is 1.98. The minimum atomic E-state index is 0.162. The van der Waals surface area contributed by atoms with Crippen molar-refractivity contribution >= 4 is 5.78 Å². The smallest absolute Gasteiger partial charge is 0.139 e. The van der Waals surface area contributed by atoms with Gasteiger partial charge in [-0.3, -0.25) is 4.79 Å². The number of carbonyl (C=O) groups is 1. The Bertz CT molecular complexity index is 149. The van der Waals surface area contributed by atoms with Crippen molar-refractivity contribution in [3.63, 3.8) is 0 Å². The molecular formula is C10H16O. The summed E-state index contributed by atoms with van der Waals surface area (Å²) in [6, 6.07) is 0. The van der Waals surface area contributed by atoms with Crippen LogP contribution in [0.3, 0.4) is 0 Å². The molecule has 0 aromatic rings. The second-order valence-electron chi connectivity index (χ2n) is 3.26. The van der Waals surface area contributed by atoms with Gasteiger partial charge in [-0.2, -0.15) is 0 Å². The molecule has 0 heterocycles. The summed E-state index contributed by atoms with van der Waals surface area (Å²) in [5.41, 5.74) is 0. The first-order valence-electron chi connectivity index (χ1n) is 4.50. The van der Waals surface area contributed by atoms with Crippen LogP contribution in [0.5, 0.6) is 0 Å². The van der Waals surface area contributed by atoms with Crippen LogP contribution in [0.2, 0.25) is 0 Å². The molecule has 0 aromatic carbocycles. The van der Waals surface area contributed by atoms with Gasteiger partial charge in [-0.05, 0) is 12.8 Å². The summed E-state index contributed by atoms with van der Waals surface area (Å²) in [5.74, 6) is 0.565. The molecule has 0 radical (unpaired) electrons. The lowest BCUT2D eigenvalue weighted by Gasteiger charge is -2.14. The molecule has 1 nitrogen and oxygen atoms in total. The minimum Gasteiger partial charge on any atom is -0.299 e. The third-order valence-electron chi connectivity index (χ3n) is 2.39. The summed E-state index contributed by atoms with van der Waals surface area (Å²) in [5, 5.41) is 0. The third kappa shape index (κ3) is 2.49. The molecule has 0 saturated heterocycles. The molecule has 1 fully saturated rings. The van der Waals surface area contributed by atoms with Crippen LogP contribution in [-0.4, -0.2) is 5.78 Å². The van der Waals surface area contributed by atoms with Gasteiger partial charge in [0.2, 0.25) is 0 Å². The first-order chi connectivity index (χ1) is 5.34. The van der Waals surface area contributed by atoms with Crippen LogP contribution in [0.25, 0.3) is 0 Å². The molecule has 0 N–H and O–H groups in total. The molecule has 1 rings (SSSR count). The van der Waals surface area contributed by atoms with Gasteiger partial charge < -0.3 is 0 Å². The van der Waals surface area contributed by atoms with Crippen LogP contribution in [-0.2, 0) is 4.79 Å². The fraction of sp³-hybridized carbons (Fsp3) is 0.700. The maximum absolute atomic E-state index is 11.3. The predicted molar refractivity (Wildman–Crippen MR) is 46.4 cm³/mol. The van der Waals surface area contributed by atoms with Crippen molar-refractivity contribution in [1.82, 2.24) is 0 Å². The van der Waals surface area contributed by atoms with Crippen molar-refractivity contribution in [1.29, 1.82) is 0 Å². The normalized spacial score (nSPS) is 27.3. The van der Waals surface area contributed by atoms with Gasteiger partial charge in [0, 0.05) is 12.3 Å². The minimum absolute atomic E-state index is 0.162. The number of Topliss-reactive ketones (excluding diaryl/α,β-unsaturated/α-hetero) is 1. The number of carbonyl (C=O) groups excluding carboxylic acids is 1. The maximum Gasteiger partial charge on any atom is 0.139 e. The summed E-state index contributed by atoms with van der Waals surface area (Å²) in [6.07, 6.45) is 8.42. The molecule has 1 aliphatic carbocycles. The lowest BCUT2D eigenvalue weighted by atomic mass is 9.90. The van der Waals surface area contributed by atoms with Gasteiger partial charge in [0.25, 0.3) is 0 Å². The molecule has 0 aliphatic heterocycles. The van der Waals surface area contributed by atoms with E-state index in [0.29, 0.717) is 5.78 Å². The van der Waals surface area contributed by atoms with E-state index >= 15 is 0 Å². The Hall–Kier alpha value is -0.590. The molecule has 0 spiro atoms. The zero-order valence-electron chi connectivity index (χ0n) is 7.01.